The van der Waals surface area contributed by atoms with Gasteiger partial charge in [-0.1, -0.05) is 12.1 Å². The SMILES string of the molecule is Cc1ccc(C(C)Nc2c(Nc3ccncc3)c(=O)c2=O)cc1O. The van der Waals surface area contributed by atoms with E-state index >= 15 is 0 Å². The fraction of sp³-hybridized carbons (Fsp3) is 0.167. The van der Waals surface area contributed by atoms with Gasteiger partial charge in [-0.05, 0) is 43.2 Å². The van der Waals surface area contributed by atoms with Gasteiger partial charge in [0.15, 0.2) is 0 Å². The Kier molecular flexibility index (Phi) is 4.04. The first-order valence-corrected chi connectivity index (χ1v) is 7.54. The first-order chi connectivity index (χ1) is 11.5. The van der Waals surface area contributed by atoms with Crippen molar-refractivity contribution in [2.45, 2.75) is 19.9 Å². The summed E-state index contributed by atoms with van der Waals surface area (Å²) in [6, 6.07) is 8.51. The van der Waals surface area contributed by atoms with E-state index in [-0.39, 0.29) is 23.2 Å². The van der Waals surface area contributed by atoms with E-state index in [1.807, 2.05) is 19.9 Å². The highest BCUT2D eigenvalue weighted by Crippen LogP contribution is 2.27. The van der Waals surface area contributed by atoms with Gasteiger partial charge >= 0.3 is 0 Å². The number of phenolic OH excluding ortho intramolecular Hbond substituents is 1. The minimum atomic E-state index is -0.548. The van der Waals surface area contributed by atoms with E-state index in [4.69, 9.17) is 0 Å². The number of anilines is 3. The van der Waals surface area contributed by atoms with Crippen LogP contribution in [0.4, 0.5) is 17.1 Å². The van der Waals surface area contributed by atoms with Gasteiger partial charge in [0.25, 0.3) is 10.9 Å². The van der Waals surface area contributed by atoms with Gasteiger partial charge in [-0.2, -0.15) is 0 Å². The molecule has 6 heteroatoms. The minimum Gasteiger partial charge on any atom is -0.508 e. The van der Waals surface area contributed by atoms with E-state index in [1.54, 1.807) is 36.7 Å². The number of nitrogens with zero attached hydrogens (tertiary/aromatic N) is 1. The molecule has 3 rings (SSSR count). The predicted molar refractivity (Wildman–Crippen MR) is 93.8 cm³/mol. The second kappa shape index (κ2) is 6.16. The minimum absolute atomic E-state index is 0.196. The highest BCUT2D eigenvalue weighted by molar-refractivity contribution is 5.78. The Bertz CT molecular complexity index is 944. The van der Waals surface area contributed by atoms with Crippen LogP contribution in [0.15, 0.2) is 52.3 Å². The van der Waals surface area contributed by atoms with Gasteiger partial charge in [-0.25, -0.2) is 0 Å². The summed E-state index contributed by atoms with van der Waals surface area (Å²) in [4.78, 5) is 27.6. The molecule has 0 aliphatic heterocycles. The maximum Gasteiger partial charge on any atom is 0.253 e. The molecule has 122 valence electrons. The van der Waals surface area contributed by atoms with Gasteiger partial charge in [0.1, 0.15) is 17.1 Å². The van der Waals surface area contributed by atoms with E-state index in [9.17, 15) is 14.7 Å². The maximum atomic E-state index is 11.9. The fourth-order valence-electron chi connectivity index (χ4n) is 2.42. The molecular formula is C18H17N3O3. The van der Waals surface area contributed by atoms with E-state index < -0.39 is 10.9 Å². The van der Waals surface area contributed by atoms with E-state index in [2.05, 4.69) is 15.6 Å². The summed E-state index contributed by atoms with van der Waals surface area (Å²) in [5.74, 6) is 0.196. The number of aryl methyl sites for hydroxylation is 1. The Morgan fingerprint density at radius 1 is 1.04 bits per heavy atom. The zero-order chi connectivity index (χ0) is 17.3. The zero-order valence-corrected chi connectivity index (χ0v) is 13.3. The summed E-state index contributed by atoms with van der Waals surface area (Å²) in [7, 11) is 0. The van der Waals surface area contributed by atoms with Gasteiger partial charge in [0, 0.05) is 24.1 Å². The van der Waals surface area contributed by atoms with Crippen LogP contribution in [0.25, 0.3) is 0 Å². The summed E-state index contributed by atoms with van der Waals surface area (Å²) in [6.07, 6.45) is 3.19. The molecule has 0 saturated carbocycles. The number of nitrogens with one attached hydrogen (secondary N) is 2. The first-order valence-electron chi connectivity index (χ1n) is 7.54. The van der Waals surface area contributed by atoms with Crippen molar-refractivity contribution in [3.63, 3.8) is 0 Å². The zero-order valence-electron chi connectivity index (χ0n) is 13.3. The number of aromatic nitrogens is 1. The molecule has 6 nitrogen and oxygen atoms in total. The maximum absolute atomic E-state index is 11.9. The number of hydrogen-bond acceptors (Lipinski definition) is 6. The molecule has 2 aromatic carbocycles. The molecule has 3 aromatic rings. The molecular weight excluding hydrogens is 306 g/mol. The average Bonchev–Trinajstić information content (AvgIpc) is 2.60. The molecule has 0 aliphatic rings. The van der Waals surface area contributed by atoms with Crippen molar-refractivity contribution in [3.05, 3.63) is 74.3 Å². The summed E-state index contributed by atoms with van der Waals surface area (Å²) in [5, 5.41) is 15.8. The number of pyridine rings is 1. The lowest BCUT2D eigenvalue weighted by Crippen LogP contribution is -2.37. The van der Waals surface area contributed by atoms with Crippen LogP contribution in [0.3, 0.4) is 0 Å². The van der Waals surface area contributed by atoms with Crippen molar-refractivity contribution < 1.29 is 5.11 Å². The van der Waals surface area contributed by atoms with Gasteiger partial charge < -0.3 is 15.7 Å². The van der Waals surface area contributed by atoms with Gasteiger partial charge in [0.2, 0.25) is 0 Å². The Hall–Kier alpha value is -3.15. The summed E-state index contributed by atoms with van der Waals surface area (Å²) >= 11 is 0. The van der Waals surface area contributed by atoms with E-state index in [0.717, 1.165) is 11.1 Å². The Labute approximate surface area is 138 Å². The first kappa shape index (κ1) is 15.7. The van der Waals surface area contributed by atoms with Crippen molar-refractivity contribution in [2.24, 2.45) is 0 Å². The summed E-state index contributed by atoms with van der Waals surface area (Å²) < 4.78 is 0. The molecule has 3 N–H and O–H groups in total. The van der Waals surface area contributed by atoms with Crippen LogP contribution < -0.4 is 21.5 Å². The second-order valence-electron chi connectivity index (χ2n) is 5.68. The van der Waals surface area contributed by atoms with Crippen LogP contribution in [0.2, 0.25) is 0 Å². The third kappa shape index (κ3) is 2.86. The number of phenols is 1. The molecule has 0 fully saturated rings. The van der Waals surface area contributed by atoms with Crippen LogP contribution in [-0.2, 0) is 0 Å². The average molecular weight is 323 g/mol. The van der Waals surface area contributed by atoms with Crippen LogP contribution in [0.5, 0.6) is 5.75 Å². The molecule has 1 aromatic heterocycles. The Morgan fingerprint density at radius 2 is 1.71 bits per heavy atom. The molecule has 0 radical (unpaired) electrons. The van der Waals surface area contributed by atoms with Crippen molar-refractivity contribution in [1.82, 2.24) is 4.98 Å². The third-order valence-corrected chi connectivity index (χ3v) is 3.95. The molecule has 1 atom stereocenters. The number of hydrogen-bond donors (Lipinski definition) is 3. The Morgan fingerprint density at radius 3 is 2.38 bits per heavy atom. The van der Waals surface area contributed by atoms with Crippen LogP contribution in [0, 0.1) is 6.92 Å². The molecule has 1 unspecified atom stereocenters. The molecule has 0 amide bonds. The standard InChI is InChI=1S/C18H17N3O3/c1-10-3-4-12(9-14(10)22)11(2)20-15-16(18(24)17(15)23)21-13-5-7-19-8-6-13/h3-9,11,20,22H,1-2H3,(H,19,21). The smallest absolute Gasteiger partial charge is 0.253 e. The number of aromatic hydroxyl groups is 1. The highest BCUT2D eigenvalue weighted by atomic mass is 16.3. The van der Waals surface area contributed by atoms with Crippen molar-refractivity contribution in [3.8, 4) is 5.75 Å². The van der Waals surface area contributed by atoms with Crippen LogP contribution in [0.1, 0.15) is 24.1 Å². The number of benzene rings is 1. The van der Waals surface area contributed by atoms with Crippen LogP contribution >= 0.6 is 0 Å². The number of rotatable bonds is 5. The fourth-order valence-corrected chi connectivity index (χ4v) is 2.42. The quantitative estimate of drug-likeness (QED) is 0.625. The van der Waals surface area contributed by atoms with Crippen LogP contribution in [-0.4, -0.2) is 10.1 Å². The lowest BCUT2D eigenvalue weighted by molar-refractivity contribution is 0.470. The largest absolute Gasteiger partial charge is 0.508 e. The molecule has 0 bridgehead atoms. The molecule has 24 heavy (non-hydrogen) atoms. The molecule has 1 heterocycles. The van der Waals surface area contributed by atoms with Crippen molar-refractivity contribution in [1.29, 1.82) is 0 Å². The van der Waals surface area contributed by atoms with Crippen molar-refractivity contribution in [2.75, 3.05) is 10.6 Å². The van der Waals surface area contributed by atoms with E-state index in [0.29, 0.717) is 5.69 Å². The lowest BCUT2D eigenvalue weighted by Gasteiger charge is -2.20. The third-order valence-electron chi connectivity index (χ3n) is 3.95. The normalized spacial score (nSPS) is 12.1. The Balaban J connectivity index is 1.83. The monoisotopic (exact) mass is 323 g/mol. The predicted octanol–water partition coefficient (Wildman–Crippen LogP) is 2.61. The van der Waals surface area contributed by atoms with E-state index in [1.165, 1.54) is 0 Å². The van der Waals surface area contributed by atoms with Gasteiger partial charge in [-0.3, -0.25) is 14.6 Å². The topological polar surface area (TPSA) is 91.3 Å². The molecule has 0 aliphatic carbocycles. The summed E-state index contributed by atoms with van der Waals surface area (Å²) in [5.41, 5.74) is 1.68. The second-order valence-corrected chi connectivity index (χ2v) is 5.68. The molecule has 0 spiro atoms. The van der Waals surface area contributed by atoms with Crippen molar-refractivity contribution >= 4 is 17.1 Å². The molecule has 0 saturated heterocycles. The lowest BCUT2D eigenvalue weighted by atomic mass is 10.0. The highest BCUT2D eigenvalue weighted by Gasteiger charge is 2.23. The van der Waals surface area contributed by atoms with Gasteiger partial charge in [-0.15, -0.1) is 0 Å². The summed E-state index contributed by atoms with van der Waals surface area (Å²) in [6.45, 7) is 3.67. The van der Waals surface area contributed by atoms with Gasteiger partial charge in [0.05, 0.1) is 0 Å².